The third kappa shape index (κ3) is 4.42. The number of carboxylic acids is 1. The normalized spacial score (nSPS) is 23.2. The highest BCUT2D eigenvalue weighted by molar-refractivity contribution is 8.01. The number of amides is 3. The van der Waals surface area contributed by atoms with Crippen LogP contribution >= 0.6 is 11.8 Å². The predicted molar refractivity (Wildman–Crippen MR) is 117 cm³/mol. The molecule has 4 atom stereocenters. The van der Waals surface area contributed by atoms with Crippen molar-refractivity contribution in [1.82, 2.24) is 15.5 Å². The summed E-state index contributed by atoms with van der Waals surface area (Å²) in [4.78, 5) is 51.8. The SMILES string of the molecule is CC(C)C[C@H](NC(=O)[C@H](C)NC(=O)[C@H]1N2C(=O)c3ccccc3[C@H]2SC1(C)C)C(=O)O. The number of aliphatic carboxylic acids is 1. The van der Waals surface area contributed by atoms with Gasteiger partial charge < -0.3 is 20.6 Å². The number of fused-ring (bicyclic) bond motifs is 3. The summed E-state index contributed by atoms with van der Waals surface area (Å²) in [5.41, 5.74) is 1.49. The van der Waals surface area contributed by atoms with E-state index in [2.05, 4.69) is 10.6 Å². The van der Waals surface area contributed by atoms with Gasteiger partial charge in [-0.2, -0.15) is 0 Å². The first-order chi connectivity index (χ1) is 14.4. The molecule has 8 nitrogen and oxygen atoms in total. The number of hydrogen-bond acceptors (Lipinski definition) is 5. The molecule has 0 aliphatic carbocycles. The second kappa shape index (κ2) is 8.53. The molecule has 168 valence electrons. The van der Waals surface area contributed by atoms with Crippen molar-refractivity contribution in [3.63, 3.8) is 0 Å². The molecule has 0 radical (unpaired) electrons. The Morgan fingerprint density at radius 2 is 1.81 bits per heavy atom. The van der Waals surface area contributed by atoms with Crippen molar-refractivity contribution in [2.45, 2.75) is 69.3 Å². The van der Waals surface area contributed by atoms with Crippen LogP contribution in [0.25, 0.3) is 0 Å². The molecule has 1 aromatic rings. The Morgan fingerprint density at radius 3 is 2.42 bits per heavy atom. The summed E-state index contributed by atoms with van der Waals surface area (Å²) >= 11 is 1.54. The average molecular weight is 448 g/mol. The van der Waals surface area contributed by atoms with Crippen LogP contribution in [0.2, 0.25) is 0 Å². The molecule has 31 heavy (non-hydrogen) atoms. The average Bonchev–Trinajstić information content (AvgIpc) is 3.10. The van der Waals surface area contributed by atoms with E-state index in [-0.39, 0.29) is 23.6 Å². The fraction of sp³-hybridized carbons (Fsp3) is 0.545. The molecule has 3 N–H and O–H groups in total. The van der Waals surface area contributed by atoms with Crippen LogP contribution in [0.5, 0.6) is 0 Å². The van der Waals surface area contributed by atoms with Crippen molar-refractivity contribution >= 4 is 35.5 Å². The molecule has 1 aromatic carbocycles. The van der Waals surface area contributed by atoms with E-state index in [0.717, 1.165) is 5.56 Å². The van der Waals surface area contributed by atoms with Crippen LogP contribution in [0.4, 0.5) is 0 Å². The molecule has 0 aromatic heterocycles. The Labute approximate surface area is 186 Å². The highest BCUT2D eigenvalue weighted by atomic mass is 32.2. The van der Waals surface area contributed by atoms with Gasteiger partial charge >= 0.3 is 5.97 Å². The molecule has 9 heteroatoms. The Kier molecular flexibility index (Phi) is 6.36. The molecule has 2 heterocycles. The molecule has 1 saturated heterocycles. The molecule has 3 amide bonds. The molecule has 3 rings (SSSR count). The zero-order valence-electron chi connectivity index (χ0n) is 18.3. The van der Waals surface area contributed by atoms with Crippen LogP contribution in [0.1, 0.15) is 62.3 Å². The standard InChI is InChI=1S/C22H29N3O5S/c1-11(2)10-15(21(29)30)24-17(26)12(3)23-18(27)16-22(4,5)31-20-14-9-7-6-8-13(14)19(28)25(16)20/h6-9,11-12,15-16,20H,10H2,1-5H3,(H,23,27)(H,24,26)(H,29,30)/t12-,15-,16+,20+/m0/s1. The smallest absolute Gasteiger partial charge is 0.326 e. The van der Waals surface area contributed by atoms with Crippen LogP contribution in [0.3, 0.4) is 0 Å². The van der Waals surface area contributed by atoms with Crippen LogP contribution in [0, 0.1) is 5.92 Å². The number of nitrogens with zero attached hydrogens (tertiary/aromatic N) is 1. The van der Waals surface area contributed by atoms with Gasteiger partial charge in [-0.3, -0.25) is 14.4 Å². The van der Waals surface area contributed by atoms with Crippen molar-refractivity contribution in [2.75, 3.05) is 0 Å². The molecule has 0 saturated carbocycles. The maximum absolute atomic E-state index is 13.2. The molecule has 0 bridgehead atoms. The van der Waals surface area contributed by atoms with Gasteiger partial charge in [0, 0.05) is 10.3 Å². The zero-order valence-corrected chi connectivity index (χ0v) is 19.2. The van der Waals surface area contributed by atoms with Gasteiger partial charge in [0.25, 0.3) is 5.91 Å². The lowest BCUT2D eigenvalue weighted by Crippen LogP contribution is -2.57. The van der Waals surface area contributed by atoms with Gasteiger partial charge in [-0.05, 0) is 44.7 Å². The van der Waals surface area contributed by atoms with Gasteiger partial charge in [0.15, 0.2) is 0 Å². The van der Waals surface area contributed by atoms with Crippen LogP contribution < -0.4 is 10.6 Å². The number of hydrogen-bond donors (Lipinski definition) is 3. The largest absolute Gasteiger partial charge is 0.480 e. The second-order valence-corrected chi connectivity index (χ2v) is 10.8. The van der Waals surface area contributed by atoms with Crippen molar-refractivity contribution in [2.24, 2.45) is 5.92 Å². The van der Waals surface area contributed by atoms with Gasteiger partial charge in [0.2, 0.25) is 11.8 Å². The minimum absolute atomic E-state index is 0.0855. The van der Waals surface area contributed by atoms with Crippen molar-refractivity contribution < 1.29 is 24.3 Å². The van der Waals surface area contributed by atoms with Gasteiger partial charge in [-0.1, -0.05) is 32.0 Å². The fourth-order valence-corrected chi connectivity index (χ4v) is 5.74. The Bertz CT molecular complexity index is 916. The second-order valence-electron chi connectivity index (χ2n) is 9.04. The maximum Gasteiger partial charge on any atom is 0.326 e. The summed E-state index contributed by atoms with van der Waals surface area (Å²) in [7, 11) is 0. The lowest BCUT2D eigenvalue weighted by molar-refractivity contribution is -0.142. The van der Waals surface area contributed by atoms with Crippen LogP contribution in [-0.2, 0) is 14.4 Å². The highest BCUT2D eigenvalue weighted by Gasteiger charge is 2.57. The van der Waals surface area contributed by atoms with Gasteiger partial charge in [-0.15, -0.1) is 11.8 Å². The fourth-order valence-electron chi connectivity index (χ4n) is 4.15. The summed E-state index contributed by atoms with van der Waals surface area (Å²) < 4.78 is -0.560. The molecule has 2 aliphatic rings. The van der Waals surface area contributed by atoms with E-state index in [9.17, 15) is 24.3 Å². The molecule has 0 unspecified atom stereocenters. The highest BCUT2D eigenvalue weighted by Crippen LogP contribution is 2.56. The summed E-state index contributed by atoms with van der Waals surface area (Å²) in [5.74, 6) is -2.23. The van der Waals surface area contributed by atoms with Crippen molar-refractivity contribution in [1.29, 1.82) is 0 Å². The number of nitrogens with one attached hydrogen (secondary N) is 2. The summed E-state index contributed by atoms with van der Waals surface area (Å²) in [5, 5.41) is 14.3. The first-order valence-corrected chi connectivity index (χ1v) is 11.2. The minimum atomic E-state index is -1.11. The van der Waals surface area contributed by atoms with E-state index in [1.165, 1.54) is 6.92 Å². The van der Waals surface area contributed by atoms with Gasteiger partial charge in [0.1, 0.15) is 23.5 Å². The molecular formula is C22H29N3O5S. The number of carboxylic acid groups (broad SMARTS) is 1. The van der Waals surface area contributed by atoms with Crippen LogP contribution in [-0.4, -0.2) is 56.6 Å². The van der Waals surface area contributed by atoms with E-state index < -0.39 is 40.7 Å². The quantitative estimate of drug-likeness (QED) is 0.590. The third-order valence-electron chi connectivity index (χ3n) is 5.62. The molecule has 2 aliphatic heterocycles. The molecule has 1 fully saturated rings. The summed E-state index contributed by atoms with van der Waals surface area (Å²) in [6.07, 6.45) is 0.288. The lowest BCUT2D eigenvalue weighted by atomic mass is 10.00. The number of thioether (sulfide) groups is 1. The van der Waals surface area contributed by atoms with E-state index >= 15 is 0 Å². The third-order valence-corrected chi connectivity index (χ3v) is 7.15. The topological polar surface area (TPSA) is 116 Å². The van der Waals surface area contributed by atoms with E-state index in [4.69, 9.17) is 0 Å². The van der Waals surface area contributed by atoms with E-state index in [0.29, 0.717) is 5.56 Å². The van der Waals surface area contributed by atoms with Gasteiger partial charge in [-0.25, -0.2) is 4.79 Å². The van der Waals surface area contributed by atoms with Crippen LogP contribution in [0.15, 0.2) is 24.3 Å². The number of carbonyl (C=O) groups excluding carboxylic acids is 3. The van der Waals surface area contributed by atoms with Crippen molar-refractivity contribution in [3.05, 3.63) is 35.4 Å². The van der Waals surface area contributed by atoms with E-state index in [1.54, 1.807) is 28.8 Å². The molecular weight excluding hydrogens is 418 g/mol. The lowest BCUT2D eigenvalue weighted by Gasteiger charge is -2.30. The molecule has 0 spiro atoms. The maximum atomic E-state index is 13.2. The number of rotatable bonds is 7. The predicted octanol–water partition coefficient (Wildman–Crippen LogP) is 2.16. The Balaban J connectivity index is 1.73. The first kappa shape index (κ1) is 23.1. The van der Waals surface area contributed by atoms with Crippen molar-refractivity contribution in [3.8, 4) is 0 Å². The summed E-state index contributed by atoms with van der Waals surface area (Å²) in [6.45, 7) is 9.06. The Hall–Kier alpha value is -2.55. The summed E-state index contributed by atoms with van der Waals surface area (Å²) in [6, 6.07) is 4.60. The monoisotopic (exact) mass is 447 g/mol. The number of benzene rings is 1. The minimum Gasteiger partial charge on any atom is -0.480 e. The van der Waals surface area contributed by atoms with Gasteiger partial charge in [0.05, 0.1) is 0 Å². The number of carbonyl (C=O) groups is 4. The van der Waals surface area contributed by atoms with E-state index in [1.807, 2.05) is 39.8 Å². The zero-order chi connectivity index (χ0) is 23.1. The first-order valence-electron chi connectivity index (χ1n) is 10.4. The Morgan fingerprint density at radius 1 is 1.16 bits per heavy atom.